The fourth-order valence-electron chi connectivity index (χ4n) is 25.8. The minimum absolute atomic E-state index is 0.0960. The Hall–Kier alpha value is -11.0. The Labute approximate surface area is 866 Å². The fourth-order valence-corrected chi connectivity index (χ4v) is 26.3. The molecule has 34 heteroatoms. The number of piperidine rings is 5. The summed E-state index contributed by atoms with van der Waals surface area (Å²) in [5, 5.41) is 1.29. The van der Waals surface area contributed by atoms with Crippen LogP contribution in [-0.4, -0.2) is 150 Å². The number of benzene rings is 5. The molecule has 0 unspecified atom stereocenters. The third-order valence-corrected chi connectivity index (χ3v) is 37.1. The molecule has 6 aliphatic carbocycles. The van der Waals surface area contributed by atoms with E-state index in [0.717, 1.165) is 171 Å². The summed E-state index contributed by atoms with van der Waals surface area (Å²) < 4.78 is 13.9. The molecule has 5 saturated heterocycles. The molecule has 0 radical (unpaired) electrons. The zero-order valence-electron chi connectivity index (χ0n) is 86.7. The summed E-state index contributed by atoms with van der Waals surface area (Å²) >= 11 is 18.4. The standard InChI is InChI=1S/C24H33N5O2.C24H35N5O.C21H27Cl2N5O.C21H28ClN5O.C21H29N5O/c1-15-9-10-24(20(15)25)11-13-29(14-12-24)23-27-21(26)19(22(30)28(23)2)16-3-5-17(6-4-16)31-18-7-8-18;1-15(2)17-5-7-18(8-6-17)19-21(26)27-23(28(4)22(19)30)29-13-11-24(12-14-29)10-9-16(3)20(24)25;1-12-6-7-21(17(12)24)8-10-28(11-9-21)20-26-18(25)15(19(29)27(20)2)13-4-3-5-14(22)16(13)23;1-13-7-8-21(17(13)23)9-11-27(12-10-21)20-25-18(24)16(19(28)26(20)2)14-3-5-15(22)6-4-14;1-14-8-9-21(17(14)22)10-12-26(13-11-21)20-24-18(23)16(19(27)25(20)2)15-6-4-3-5-7-15/h3-6,15,18,20H,7-14,25-26H2,1-2H3;5-8,15-16,20H,9-14,25-26H2,1-4H3;3-5,12,17H,6-11,24-25H2,1-2H3;3-6,13,17H,7-12,23-24H2,1-2H3;3-7,14,17H,8-13,22-23H2,1-2H3/t15-,20-;16-,20-;12-,17-;13-,17-;14-,17-/m11111/s1. The van der Waals surface area contributed by atoms with Crippen LogP contribution in [0.1, 0.15) is 201 Å². The van der Waals surface area contributed by atoms with Crippen molar-refractivity contribution in [2.45, 2.75) is 232 Å². The van der Waals surface area contributed by atoms with Gasteiger partial charge in [0.1, 0.15) is 34.8 Å². The molecular formula is C111H152Cl3N25O6. The van der Waals surface area contributed by atoms with Gasteiger partial charge in [-0.15, -0.1) is 0 Å². The Kier molecular flexibility index (Phi) is 31.0. The second-order valence-corrected chi connectivity index (χ2v) is 46.0. The van der Waals surface area contributed by atoms with E-state index in [9.17, 15) is 24.0 Å². The summed E-state index contributed by atoms with van der Waals surface area (Å²) in [6.45, 7) is 24.1. The third-order valence-electron chi connectivity index (χ3n) is 36.0. The molecule has 5 aliphatic heterocycles. The van der Waals surface area contributed by atoms with Gasteiger partial charge < -0.3 is 86.6 Å². The first-order valence-electron chi connectivity index (χ1n) is 52.6. The highest BCUT2D eigenvalue weighted by atomic mass is 35.5. The van der Waals surface area contributed by atoms with Gasteiger partial charge in [-0.2, -0.15) is 24.9 Å². The van der Waals surface area contributed by atoms with Crippen molar-refractivity contribution in [2.75, 3.05) is 119 Å². The minimum Gasteiger partial charge on any atom is -0.490 e. The van der Waals surface area contributed by atoms with Crippen molar-refractivity contribution in [1.82, 2.24) is 47.8 Å². The number of nitrogens with two attached hydrogens (primary N) is 10. The summed E-state index contributed by atoms with van der Waals surface area (Å²) in [4.78, 5) is 99.7. The lowest BCUT2D eigenvalue weighted by Gasteiger charge is -2.43. The number of hydrogen-bond donors (Lipinski definition) is 10. The molecule has 778 valence electrons. The van der Waals surface area contributed by atoms with E-state index >= 15 is 0 Å². The van der Waals surface area contributed by atoms with Gasteiger partial charge in [0.2, 0.25) is 29.7 Å². The van der Waals surface area contributed by atoms with Gasteiger partial charge in [-0.3, -0.25) is 46.8 Å². The van der Waals surface area contributed by atoms with Crippen LogP contribution in [0.5, 0.6) is 5.75 Å². The summed E-state index contributed by atoms with van der Waals surface area (Å²) in [5.74, 6) is 8.69. The van der Waals surface area contributed by atoms with E-state index < -0.39 is 0 Å². The molecule has 21 rings (SSSR count). The van der Waals surface area contributed by atoms with E-state index in [1.165, 1.54) is 69.8 Å². The van der Waals surface area contributed by atoms with Gasteiger partial charge in [0.25, 0.3) is 27.8 Å². The molecule has 6 saturated carbocycles. The summed E-state index contributed by atoms with van der Waals surface area (Å²) in [6, 6.07) is 38.7. The smallest absolute Gasteiger partial charge is 0.264 e. The van der Waals surface area contributed by atoms with Gasteiger partial charge in [-0.05, 0) is 262 Å². The highest BCUT2D eigenvalue weighted by molar-refractivity contribution is 6.43. The monoisotopic (exact) mass is 2040 g/mol. The maximum atomic E-state index is 13.2. The van der Waals surface area contributed by atoms with Crippen LogP contribution in [0.15, 0.2) is 145 Å². The number of aromatic nitrogens is 10. The molecule has 11 fully saturated rings. The number of anilines is 10. The zero-order chi connectivity index (χ0) is 104. The van der Waals surface area contributed by atoms with Crippen molar-refractivity contribution < 1.29 is 4.74 Å². The Bertz CT molecular complexity index is 6650. The molecule has 0 bridgehead atoms. The molecule has 145 heavy (non-hydrogen) atoms. The molecule has 10 heterocycles. The number of ether oxygens (including phenoxy) is 1. The van der Waals surface area contributed by atoms with Crippen LogP contribution in [0.2, 0.25) is 15.1 Å². The van der Waals surface area contributed by atoms with E-state index in [-0.39, 0.29) is 108 Å². The van der Waals surface area contributed by atoms with Crippen LogP contribution >= 0.6 is 34.8 Å². The van der Waals surface area contributed by atoms with Crippen molar-refractivity contribution in [3.05, 3.63) is 194 Å². The molecule has 0 amide bonds. The Morgan fingerprint density at radius 3 is 0.814 bits per heavy atom. The average molecular weight is 2040 g/mol. The van der Waals surface area contributed by atoms with Crippen molar-refractivity contribution in [3.63, 3.8) is 0 Å². The fraction of sp³-hybridized carbons (Fsp3) is 0.550. The Morgan fingerprint density at radius 2 is 0.559 bits per heavy atom. The van der Waals surface area contributed by atoms with Crippen LogP contribution < -0.4 is 114 Å². The van der Waals surface area contributed by atoms with Crippen LogP contribution in [0.25, 0.3) is 55.6 Å². The highest BCUT2D eigenvalue weighted by Gasteiger charge is 2.52. The number of halogens is 3. The Morgan fingerprint density at radius 1 is 0.310 bits per heavy atom. The predicted octanol–water partition coefficient (Wildman–Crippen LogP) is 15.5. The van der Waals surface area contributed by atoms with Crippen LogP contribution in [0.4, 0.5) is 58.8 Å². The maximum Gasteiger partial charge on any atom is 0.264 e. The van der Waals surface area contributed by atoms with E-state index in [2.05, 4.69) is 110 Å². The maximum absolute atomic E-state index is 13.2. The number of hydrogen-bond acceptors (Lipinski definition) is 26. The second-order valence-electron chi connectivity index (χ2n) is 44.7. The summed E-state index contributed by atoms with van der Waals surface area (Å²) in [6.07, 6.45) is 25.0. The van der Waals surface area contributed by atoms with Gasteiger partial charge in [0.05, 0.1) is 44.0 Å². The molecule has 10 atom stereocenters. The quantitative estimate of drug-likeness (QED) is 0.0512. The Balaban J connectivity index is 0.000000124. The first-order chi connectivity index (χ1) is 69.1. The lowest BCUT2D eigenvalue weighted by atomic mass is 9.73. The molecule has 31 nitrogen and oxygen atoms in total. The number of nitrogens with zero attached hydrogens (tertiary/aromatic N) is 15. The molecule has 20 N–H and O–H groups in total. The molecule has 5 aromatic carbocycles. The van der Waals surface area contributed by atoms with Crippen LogP contribution in [0.3, 0.4) is 0 Å². The van der Waals surface area contributed by atoms with E-state index in [1.807, 2.05) is 66.7 Å². The van der Waals surface area contributed by atoms with Gasteiger partial charge in [-0.25, -0.2) is 0 Å². The lowest BCUT2D eigenvalue weighted by Crippen LogP contribution is -2.49. The molecule has 11 aliphatic rings. The SMILES string of the molecule is CC(C)c1ccc(-c2c(N)nc(N3CCC4(CC[C@@H](C)[C@H]4N)CC3)n(C)c2=O)cc1.C[C@@H]1CCC2(CCN(c3nc(N)c(-c4ccc(Cl)cc4)c(=O)n3C)CC2)[C@@H]1N.C[C@@H]1CCC2(CCN(c3nc(N)c(-c4ccc(OC5CC5)cc4)c(=O)n3C)CC2)[C@@H]1N.C[C@@H]1CCC2(CCN(c3nc(N)c(-c4cccc(Cl)c4Cl)c(=O)n3C)CC2)[C@@H]1N.C[C@@H]1CCC2(CCN(c3nc(N)c(-c4ccccc4)c(=O)n3C)CC2)[C@@H]1N. The third kappa shape index (κ3) is 20.7. The van der Waals surface area contributed by atoms with Gasteiger partial charge in [-0.1, -0.05) is 174 Å². The lowest BCUT2D eigenvalue weighted by molar-refractivity contribution is 0.185. The van der Waals surface area contributed by atoms with Crippen LogP contribution in [0, 0.1) is 56.7 Å². The van der Waals surface area contributed by atoms with Crippen molar-refractivity contribution in [1.29, 1.82) is 0 Å². The second kappa shape index (κ2) is 42.7. The van der Waals surface area contributed by atoms with Gasteiger partial charge >= 0.3 is 0 Å². The normalized spacial score (nSPS) is 24.2. The molecule has 10 aromatic rings. The van der Waals surface area contributed by atoms with E-state index in [1.54, 1.807) is 101 Å². The highest BCUT2D eigenvalue weighted by Crippen LogP contribution is 2.54. The number of rotatable bonds is 13. The topological polar surface area (TPSA) is 460 Å². The van der Waals surface area contributed by atoms with Gasteiger partial charge in [0.15, 0.2) is 0 Å². The van der Waals surface area contributed by atoms with Crippen molar-refractivity contribution in [2.24, 2.45) is 121 Å². The summed E-state index contributed by atoms with van der Waals surface area (Å²) in [7, 11) is 8.84. The average Bonchev–Trinajstić information content (AvgIpc) is 1.75. The summed E-state index contributed by atoms with van der Waals surface area (Å²) in [5.41, 5.74) is 71.4. The molecule has 5 spiro atoms. The predicted molar refractivity (Wildman–Crippen MR) is 591 cm³/mol. The van der Waals surface area contributed by atoms with E-state index in [0.29, 0.717) is 126 Å². The van der Waals surface area contributed by atoms with E-state index in [4.69, 9.17) is 96.9 Å². The molecular weight excluding hydrogens is 1890 g/mol. The first kappa shape index (κ1) is 105. The zero-order valence-corrected chi connectivity index (χ0v) is 88.9. The van der Waals surface area contributed by atoms with Crippen LogP contribution in [-0.2, 0) is 35.2 Å². The number of nitrogen functional groups attached to an aromatic ring is 5. The largest absolute Gasteiger partial charge is 0.490 e. The van der Waals surface area contributed by atoms with Gasteiger partial charge in [0, 0.05) is 141 Å². The molecule has 5 aromatic heterocycles. The van der Waals surface area contributed by atoms with Crippen molar-refractivity contribution in [3.8, 4) is 61.4 Å². The van der Waals surface area contributed by atoms with Crippen molar-refractivity contribution >= 4 is 93.6 Å². The minimum atomic E-state index is -0.233. The first-order valence-corrected chi connectivity index (χ1v) is 53.7.